The highest BCUT2D eigenvalue weighted by molar-refractivity contribution is 6.02. The fraction of sp³-hybridized carbons (Fsp3) is 0.300. The third kappa shape index (κ3) is 4.00. The van der Waals surface area contributed by atoms with Crippen molar-refractivity contribution >= 4 is 23.3 Å². The maximum absolute atomic E-state index is 13.5. The molecule has 2 N–H and O–H groups in total. The van der Waals surface area contributed by atoms with Crippen LogP contribution in [-0.2, 0) is 4.79 Å². The number of rotatable bonds is 5. The van der Waals surface area contributed by atoms with E-state index in [1.807, 2.05) is 0 Å². The second-order valence-electron chi connectivity index (χ2n) is 6.43. The molecular formula is C20H22FN3O4. The van der Waals surface area contributed by atoms with Crippen molar-refractivity contribution in [1.29, 1.82) is 0 Å². The molecule has 1 heterocycles. The van der Waals surface area contributed by atoms with Crippen LogP contribution in [0, 0.1) is 12.7 Å². The number of hydrogen-bond acceptors (Lipinski definition) is 4. The molecule has 3 rings (SSSR count). The number of nitrogens with zero attached hydrogens (tertiary/aromatic N) is 1. The number of benzene rings is 2. The van der Waals surface area contributed by atoms with Gasteiger partial charge in [-0.15, -0.1) is 0 Å². The van der Waals surface area contributed by atoms with Gasteiger partial charge in [-0.2, -0.15) is 0 Å². The zero-order valence-corrected chi connectivity index (χ0v) is 15.9. The molecule has 3 amide bonds. The Morgan fingerprint density at radius 2 is 1.89 bits per heavy atom. The SMILES string of the molecule is COc1ccc(NC(=O)N[C@H]2CCN(c3ccc(F)c(C)c3)C2=O)cc1OC. The number of anilines is 2. The molecule has 2 aromatic carbocycles. The molecule has 1 aliphatic heterocycles. The summed E-state index contributed by atoms with van der Waals surface area (Å²) in [7, 11) is 3.03. The first kappa shape index (κ1) is 19.5. The van der Waals surface area contributed by atoms with Crippen LogP contribution in [-0.4, -0.2) is 38.7 Å². The van der Waals surface area contributed by atoms with E-state index < -0.39 is 12.1 Å². The summed E-state index contributed by atoms with van der Waals surface area (Å²) < 4.78 is 23.8. The van der Waals surface area contributed by atoms with E-state index in [-0.39, 0.29) is 11.7 Å². The summed E-state index contributed by atoms with van der Waals surface area (Å²) in [6.07, 6.45) is 0.467. The van der Waals surface area contributed by atoms with Crippen LogP contribution in [0.4, 0.5) is 20.6 Å². The number of hydrogen-bond donors (Lipinski definition) is 2. The first-order chi connectivity index (χ1) is 13.4. The zero-order chi connectivity index (χ0) is 20.3. The highest BCUT2D eigenvalue weighted by Gasteiger charge is 2.33. The average molecular weight is 387 g/mol. The molecule has 1 atom stereocenters. The monoisotopic (exact) mass is 387 g/mol. The third-order valence-electron chi connectivity index (χ3n) is 4.61. The second kappa shape index (κ2) is 8.16. The lowest BCUT2D eigenvalue weighted by molar-refractivity contribution is -0.118. The largest absolute Gasteiger partial charge is 0.493 e. The second-order valence-corrected chi connectivity index (χ2v) is 6.43. The fourth-order valence-corrected chi connectivity index (χ4v) is 3.11. The normalized spacial score (nSPS) is 16.1. The van der Waals surface area contributed by atoms with Gasteiger partial charge >= 0.3 is 6.03 Å². The van der Waals surface area contributed by atoms with E-state index in [9.17, 15) is 14.0 Å². The van der Waals surface area contributed by atoms with Gasteiger partial charge in [0.25, 0.3) is 0 Å². The molecule has 0 spiro atoms. The number of amides is 3. The quantitative estimate of drug-likeness (QED) is 0.826. The van der Waals surface area contributed by atoms with E-state index in [0.29, 0.717) is 41.4 Å². The molecule has 0 aliphatic carbocycles. The van der Waals surface area contributed by atoms with Crippen molar-refractivity contribution in [3.05, 3.63) is 47.8 Å². The molecule has 7 nitrogen and oxygen atoms in total. The van der Waals surface area contributed by atoms with E-state index in [1.54, 1.807) is 42.2 Å². The molecular weight excluding hydrogens is 365 g/mol. The van der Waals surface area contributed by atoms with Crippen LogP contribution in [0.2, 0.25) is 0 Å². The summed E-state index contributed by atoms with van der Waals surface area (Å²) in [5.41, 5.74) is 1.59. The average Bonchev–Trinajstić information content (AvgIpc) is 3.04. The van der Waals surface area contributed by atoms with Crippen molar-refractivity contribution in [1.82, 2.24) is 5.32 Å². The molecule has 2 aromatic rings. The molecule has 0 unspecified atom stereocenters. The Bertz CT molecular complexity index is 903. The van der Waals surface area contributed by atoms with Crippen molar-refractivity contribution in [2.45, 2.75) is 19.4 Å². The maximum atomic E-state index is 13.5. The van der Waals surface area contributed by atoms with Crippen LogP contribution >= 0.6 is 0 Å². The van der Waals surface area contributed by atoms with Gasteiger partial charge in [0.15, 0.2) is 11.5 Å². The predicted octanol–water partition coefficient (Wildman–Crippen LogP) is 3.08. The van der Waals surface area contributed by atoms with Crippen LogP contribution in [0.25, 0.3) is 0 Å². The van der Waals surface area contributed by atoms with Gasteiger partial charge in [0.2, 0.25) is 5.91 Å². The lowest BCUT2D eigenvalue weighted by atomic mass is 10.2. The van der Waals surface area contributed by atoms with Crippen molar-refractivity contribution in [3.63, 3.8) is 0 Å². The first-order valence-corrected chi connectivity index (χ1v) is 8.80. The Balaban J connectivity index is 1.63. The standard InChI is InChI=1S/C20H22FN3O4/c1-12-10-14(5-6-15(12)21)24-9-8-16(19(24)25)23-20(26)22-13-4-7-17(27-2)18(11-13)28-3/h4-7,10-11,16H,8-9H2,1-3H3,(H2,22,23,26)/t16-/m0/s1. The lowest BCUT2D eigenvalue weighted by Gasteiger charge is -2.18. The Morgan fingerprint density at radius 3 is 2.57 bits per heavy atom. The fourth-order valence-electron chi connectivity index (χ4n) is 3.11. The minimum Gasteiger partial charge on any atom is -0.493 e. The number of nitrogens with one attached hydrogen (secondary N) is 2. The third-order valence-corrected chi connectivity index (χ3v) is 4.61. The number of carbonyl (C=O) groups excluding carboxylic acids is 2. The Hall–Kier alpha value is -3.29. The smallest absolute Gasteiger partial charge is 0.319 e. The highest BCUT2D eigenvalue weighted by Crippen LogP contribution is 2.30. The number of ether oxygens (including phenoxy) is 2. The molecule has 0 aromatic heterocycles. The Kier molecular flexibility index (Phi) is 5.67. The molecule has 1 saturated heterocycles. The van der Waals surface area contributed by atoms with Gasteiger partial charge in [0, 0.05) is 24.0 Å². The van der Waals surface area contributed by atoms with Crippen molar-refractivity contribution in [2.24, 2.45) is 0 Å². The maximum Gasteiger partial charge on any atom is 0.319 e. The summed E-state index contributed by atoms with van der Waals surface area (Å²) in [5.74, 6) is 0.479. The van der Waals surface area contributed by atoms with Gasteiger partial charge in [-0.1, -0.05) is 0 Å². The minimum absolute atomic E-state index is 0.228. The van der Waals surface area contributed by atoms with Crippen LogP contribution in [0.15, 0.2) is 36.4 Å². The van der Waals surface area contributed by atoms with E-state index >= 15 is 0 Å². The van der Waals surface area contributed by atoms with Gasteiger partial charge < -0.3 is 25.0 Å². The lowest BCUT2D eigenvalue weighted by Crippen LogP contribution is -2.43. The van der Waals surface area contributed by atoms with E-state index in [2.05, 4.69) is 10.6 Å². The molecule has 148 valence electrons. The number of halogens is 1. The van der Waals surface area contributed by atoms with Crippen molar-refractivity contribution < 1.29 is 23.5 Å². The Labute approximate surface area is 162 Å². The molecule has 0 saturated carbocycles. The summed E-state index contributed by atoms with van der Waals surface area (Å²) in [6.45, 7) is 2.09. The van der Waals surface area contributed by atoms with Gasteiger partial charge in [-0.25, -0.2) is 9.18 Å². The van der Waals surface area contributed by atoms with Crippen LogP contribution in [0.3, 0.4) is 0 Å². The molecule has 0 bridgehead atoms. The first-order valence-electron chi connectivity index (χ1n) is 8.80. The van der Waals surface area contributed by atoms with Crippen molar-refractivity contribution in [2.75, 3.05) is 31.0 Å². The number of urea groups is 1. The summed E-state index contributed by atoms with van der Waals surface area (Å²) >= 11 is 0. The Morgan fingerprint density at radius 1 is 1.14 bits per heavy atom. The predicted molar refractivity (Wildman–Crippen MR) is 104 cm³/mol. The van der Waals surface area contributed by atoms with Gasteiger partial charge in [-0.05, 0) is 49.2 Å². The van der Waals surface area contributed by atoms with E-state index in [4.69, 9.17) is 9.47 Å². The summed E-state index contributed by atoms with van der Waals surface area (Å²) in [4.78, 5) is 26.5. The summed E-state index contributed by atoms with van der Waals surface area (Å²) in [5, 5.41) is 5.36. The topological polar surface area (TPSA) is 79.9 Å². The number of methoxy groups -OCH3 is 2. The van der Waals surface area contributed by atoms with Crippen LogP contribution in [0.1, 0.15) is 12.0 Å². The number of aryl methyl sites for hydroxylation is 1. The number of carbonyl (C=O) groups is 2. The van der Waals surface area contributed by atoms with Gasteiger partial charge in [-0.3, -0.25) is 4.79 Å². The molecule has 0 radical (unpaired) electrons. The van der Waals surface area contributed by atoms with Crippen LogP contribution < -0.4 is 25.0 Å². The molecule has 1 fully saturated rings. The zero-order valence-electron chi connectivity index (χ0n) is 15.9. The van der Waals surface area contributed by atoms with E-state index in [1.165, 1.54) is 20.3 Å². The summed E-state index contributed by atoms with van der Waals surface area (Å²) in [6, 6.07) is 8.35. The van der Waals surface area contributed by atoms with Crippen LogP contribution in [0.5, 0.6) is 11.5 Å². The van der Waals surface area contributed by atoms with Gasteiger partial charge in [0.05, 0.1) is 14.2 Å². The molecule has 8 heteroatoms. The van der Waals surface area contributed by atoms with E-state index in [0.717, 1.165) is 0 Å². The van der Waals surface area contributed by atoms with Crippen molar-refractivity contribution in [3.8, 4) is 11.5 Å². The van der Waals surface area contributed by atoms with Gasteiger partial charge in [0.1, 0.15) is 11.9 Å². The minimum atomic E-state index is -0.648. The molecule has 1 aliphatic rings. The molecule has 28 heavy (non-hydrogen) atoms. The highest BCUT2D eigenvalue weighted by atomic mass is 19.1.